The molecule has 0 saturated heterocycles. The van der Waals surface area contributed by atoms with Crippen LogP contribution in [0, 0.1) is 10.1 Å². The van der Waals surface area contributed by atoms with Crippen molar-refractivity contribution in [2.75, 3.05) is 6.61 Å². The largest absolute Gasteiger partial charge is 0.466 e. The predicted molar refractivity (Wildman–Crippen MR) is 70.3 cm³/mol. The topological polar surface area (TPSA) is 110 Å². The molecule has 1 aromatic carbocycles. The number of halogens is 1. The van der Waals surface area contributed by atoms with Gasteiger partial charge in [-0.2, -0.15) is 0 Å². The molecule has 0 aromatic heterocycles. The predicted octanol–water partition coefficient (Wildman–Crippen LogP) is 1.60. The fourth-order valence-electron chi connectivity index (χ4n) is 1.58. The van der Waals surface area contributed by atoms with Crippen LogP contribution in [-0.4, -0.2) is 33.8 Å². The summed E-state index contributed by atoms with van der Waals surface area (Å²) >= 11 is 5.82. The molecule has 0 aliphatic heterocycles. The Morgan fingerprint density at radius 3 is 2.65 bits per heavy atom. The summed E-state index contributed by atoms with van der Waals surface area (Å²) in [4.78, 5) is 21.1. The molecule has 0 aliphatic rings. The summed E-state index contributed by atoms with van der Waals surface area (Å²) in [6.07, 6.45) is -3.25. The molecule has 0 spiro atoms. The first kappa shape index (κ1) is 16.4. The number of ether oxygens (including phenoxy) is 1. The van der Waals surface area contributed by atoms with Crippen LogP contribution in [-0.2, 0) is 9.53 Å². The Labute approximate surface area is 119 Å². The number of aliphatic hydroxyl groups is 2. The third kappa shape index (κ3) is 4.16. The van der Waals surface area contributed by atoms with Crippen molar-refractivity contribution in [1.82, 2.24) is 0 Å². The number of non-ortho nitro benzene ring substituents is 1. The zero-order chi connectivity index (χ0) is 15.3. The second kappa shape index (κ2) is 7.18. The Balaban J connectivity index is 2.83. The number of rotatable bonds is 6. The maximum Gasteiger partial charge on any atom is 0.308 e. The molecule has 2 atom stereocenters. The van der Waals surface area contributed by atoms with Crippen molar-refractivity contribution >= 4 is 23.3 Å². The van der Waals surface area contributed by atoms with E-state index in [2.05, 4.69) is 4.74 Å². The fraction of sp³-hybridized carbons (Fsp3) is 0.417. The molecule has 0 fully saturated rings. The Morgan fingerprint density at radius 1 is 1.50 bits per heavy atom. The molecule has 2 N–H and O–H groups in total. The summed E-state index contributed by atoms with van der Waals surface area (Å²) < 4.78 is 4.65. The van der Waals surface area contributed by atoms with Crippen molar-refractivity contribution in [2.24, 2.45) is 0 Å². The van der Waals surface area contributed by atoms with Gasteiger partial charge in [0.1, 0.15) is 6.10 Å². The third-order valence-corrected chi connectivity index (χ3v) is 2.89. The van der Waals surface area contributed by atoms with Gasteiger partial charge in [-0.05, 0) is 13.0 Å². The molecule has 0 heterocycles. The van der Waals surface area contributed by atoms with Crippen molar-refractivity contribution < 1.29 is 24.7 Å². The minimum atomic E-state index is -1.44. The maximum absolute atomic E-state index is 11.2. The summed E-state index contributed by atoms with van der Waals surface area (Å²) in [6, 6.07) is 3.46. The van der Waals surface area contributed by atoms with E-state index in [1.54, 1.807) is 6.92 Å². The quantitative estimate of drug-likeness (QED) is 0.469. The third-order valence-electron chi connectivity index (χ3n) is 2.56. The van der Waals surface area contributed by atoms with Gasteiger partial charge in [-0.1, -0.05) is 11.6 Å². The summed E-state index contributed by atoms with van der Waals surface area (Å²) in [5.74, 6) is -0.655. The Kier molecular flexibility index (Phi) is 5.87. The molecule has 0 bridgehead atoms. The monoisotopic (exact) mass is 303 g/mol. The van der Waals surface area contributed by atoms with Gasteiger partial charge < -0.3 is 14.9 Å². The van der Waals surface area contributed by atoms with Crippen molar-refractivity contribution in [2.45, 2.75) is 25.6 Å². The van der Waals surface area contributed by atoms with Crippen molar-refractivity contribution in [1.29, 1.82) is 0 Å². The molecular weight excluding hydrogens is 290 g/mol. The van der Waals surface area contributed by atoms with E-state index in [9.17, 15) is 25.1 Å². The Morgan fingerprint density at radius 2 is 2.15 bits per heavy atom. The van der Waals surface area contributed by atoms with Gasteiger partial charge >= 0.3 is 5.97 Å². The van der Waals surface area contributed by atoms with Crippen LogP contribution in [0.25, 0.3) is 0 Å². The number of carbonyl (C=O) groups excluding carboxylic acids is 1. The van der Waals surface area contributed by atoms with Gasteiger partial charge in [0.15, 0.2) is 0 Å². The number of nitro groups is 1. The average molecular weight is 304 g/mol. The van der Waals surface area contributed by atoms with Crippen molar-refractivity contribution in [3.8, 4) is 0 Å². The first-order valence-corrected chi connectivity index (χ1v) is 6.20. The van der Waals surface area contributed by atoms with E-state index < -0.39 is 29.5 Å². The number of nitro benzene ring substituents is 1. The standard InChI is InChI=1S/C12H14ClNO6/c1-2-20-11(16)6-10(15)12(17)8-4-3-7(14(18)19)5-9(8)13/h3-5,10,12,15,17H,2,6H2,1H3. The van der Waals surface area contributed by atoms with Crippen LogP contribution < -0.4 is 0 Å². The second-order valence-electron chi connectivity index (χ2n) is 3.98. The molecule has 0 radical (unpaired) electrons. The van der Waals surface area contributed by atoms with Gasteiger partial charge in [-0.3, -0.25) is 14.9 Å². The Hall–Kier alpha value is -1.70. The van der Waals surface area contributed by atoms with Gasteiger partial charge in [-0.15, -0.1) is 0 Å². The number of carbonyl (C=O) groups is 1. The van der Waals surface area contributed by atoms with E-state index in [1.165, 1.54) is 6.07 Å². The van der Waals surface area contributed by atoms with E-state index in [1.807, 2.05) is 0 Å². The normalized spacial score (nSPS) is 13.6. The van der Waals surface area contributed by atoms with Gasteiger partial charge in [0, 0.05) is 17.7 Å². The fourth-order valence-corrected chi connectivity index (χ4v) is 1.87. The lowest BCUT2D eigenvalue weighted by Gasteiger charge is -2.18. The highest BCUT2D eigenvalue weighted by molar-refractivity contribution is 6.31. The lowest BCUT2D eigenvalue weighted by molar-refractivity contribution is -0.384. The van der Waals surface area contributed by atoms with Crippen LogP contribution >= 0.6 is 11.6 Å². The molecule has 0 aliphatic carbocycles. The zero-order valence-electron chi connectivity index (χ0n) is 10.7. The van der Waals surface area contributed by atoms with Gasteiger partial charge in [0.2, 0.25) is 0 Å². The zero-order valence-corrected chi connectivity index (χ0v) is 11.4. The van der Waals surface area contributed by atoms with Crippen LogP contribution in [0.2, 0.25) is 5.02 Å². The minimum Gasteiger partial charge on any atom is -0.466 e. The van der Waals surface area contributed by atoms with Crippen LogP contribution in [0.4, 0.5) is 5.69 Å². The van der Waals surface area contributed by atoms with Crippen LogP contribution in [0.1, 0.15) is 25.0 Å². The van der Waals surface area contributed by atoms with E-state index >= 15 is 0 Å². The molecular formula is C12H14ClNO6. The average Bonchev–Trinajstić information content (AvgIpc) is 2.37. The molecule has 2 unspecified atom stereocenters. The summed E-state index contributed by atoms with van der Waals surface area (Å²) in [5, 5.41) is 30.1. The van der Waals surface area contributed by atoms with E-state index in [0.717, 1.165) is 12.1 Å². The van der Waals surface area contributed by atoms with Gasteiger partial charge in [-0.25, -0.2) is 0 Å². The number of esters is 1. The number of nitrogens with zero attached hydrogens (tertiary/aromatic N) is 1. The maximum atomic E-state index is 11.2. The lowest BCUT2D eigenvalue weighted by atomic mass is 10.0. The van der Waals surface area contributed by atoms with Crippen LogP contribution in [0.3, 0.4) is 0 Å². The van der Waals surface area contributed by atoms with Crippen molar-refractivity contribution in [3.63, 3.8) is 0 Å². The first-order valence-electron chi connectivity index (χ1n) is 5.82. The van der Waals surface area contributed by atoms with E-state index in [0.29, 0.717) is 0 Å². The molecule has 20 heavy (non-hydrogen) atoms. The molecule has 0 saturated carbocycles. The summed E-state index contributed by atoms with van der Waals surface area (Å²) in [7, 11) is 0. The highest BCUT2D eigenvalue weighted by atomic mass is 35.5. The lowest BCUT2D eigenvalue weighted by Crippen LogP contribution is -2.23. The number of aliphatic hydroxyl groups excluding tert-OH is 2. The number of benzene rings is 1. The summed E-state index contributed by atoms with van der Waals surface area (Å²) in [6.45, 7) is 1.79. The van der Waals surface area contributed by atoms with Crippen molar-refractivity contribution in [3.05, 3.63) is 38.9 Å². The molecule has 1 rings (SSSR count). The minimum absolute atomic E-state index is 0.0605. The van der Waals surface area contributed by atoms with E-state index in [4.69, 9.17) is 11.6 Å². The molecule has 7 nitrogen and oxygen atoms in total. The number of hydrogen-bond acceptors (Lipinski definition) is 6. The van der Waals surface area contributed by atoms with Gasteiger partial charge in [0.25, 0.3) is 5.69 Å². The molecule has 0 amide bonds. The smallest absolute Gasteiger partial charge is 0.308 e. The number of hydrogen-bond donors (Lipinski definition) is 2. The Bertz CT molecular complexity index is 507. The van der Waals surface area contributed by atoms with Crippen LogP contribution in [0.15, 0.2) is 18.2 Å². The molecule has 110 valence electrons. The van der Waals surface area contributed by atoms with E-state index in [-0.39, 0.29) is 22.9 Å². The SMILES string of the molecule is CCOC(=O)CC(O)C(O)c1ccc([N+](=O)[O-])cc1Cl. The first-order chi connectivity index (χ1) is 9.36. The van der Waals surface area contributed by atoms with Gasteiger partial charge in [0.05, 0.1) is 29.1 Å². The molecule has 8 heteroatoms. The highest BCUT2D eigenvalue weighted by Gasteiger charge is 2.25. The summed E-state index contributed by atoms with van der Waals surface area (Å²) in [5.41, 5.74) is -0.125. The molecule has 1 aromatic rings. The van der Waals surface area contributed by atoms with Crippen LogP contribution in [0.5, 0.6) is 0 Å². The second-order valence-corrected chi connectivity index (χ2v) is 4.39. The highest BCUT2D eigenvalue weighted by Crippen LogP contribution is 2.29.